The third-order valence-corrected chi connectivity index (χ3v) is 5.61. The number of hydrogen-bond donors (Lipinski definition) is 1. The number of methoxy groups -OCH3 is 1. The molecule has 11 nitrogen and oxygen atoms in total. The summed E-state index contributed by atoms with van der Waals surface area (Å²) in [5.74, 6) is 2.32. The fourth-order valence-corrected chi connectivity index (χ4v) is 3.87. The van der Waals surface area contributed by atoms with Crippen molar-refractivity contribution in [3.8, 4) is 28.8 Å². The lowest BCUT2D eigenvalue weighted by atomic mass is 10.2. The van der Waals surface area contributed by atoms with E-state index in [1.165, 1.54) is 11.0 Å². The molecule has 0 amide bonds. The van der Waals surface area contributed by atoms with Crippen molar-refractivity contribution < 1.29 is 14.2 Å². The number of nitrogen functional groups attached to an aromatic ring is 1. The summed E-state index contributed by atoms with van der Waals surface area (Å²) in [5.41, 5.74) is 7.50. The van der Waals surface area contributed by atoms with E-state index >= 15 is 0 Å². The minimum atomic E-state index is 0.199. The number of aromatic nitrogens is 6. The molecule has 5 rings (SSSR count). The second-order valence-electron chi connectivity index (χ2n) is 7.79. The molecule has 3 aromatic heterocycles. The number of hydrogen-bond acceptors (Lipinski definition) is 10. The maximum absolute atomic E-state index is 6.20. The van der Waals surface area contributed by atoms with Gasteiger partial charge in [-0.25, -0.2) is 9.97 Å². The maximum Gasteiger partial charge on any atom is 0.225 e. The predicted octanol–water partition coefficient (Wildman–Crippen LogP) is 1.96. The van der Waals surface area contributed by atoms with Crippen molar-refractivity contribution in [3.05, 3.63) is 42.9 Å². The van der Waals surface area contributed by atoms with Crippen molar-refractivity contribution in [2.24, 2.45) is 0 Å². The first-order chi connectivity index (χ1) is 16.7. The largest absolute Gasteiger partial charge is 0.493 e. The summed E-state index contributed by atoms with van der Waals surface area (Å²) >= 11 is 0. The van der Waals surface area contributed by atoms with Gasteiger partial charge in [0.15, 0.2) is 17.3 Å². The molecule has 4 aromatic rings. The minimum absolute atomic E-state index is 0.199. The van der Waals surface area contributed by atoms with Gasteiger partial charge in [0.1, 0.15) is 12.0 Å². The van der Waals surface area contributed by atoms with E-state index in [0.29, 0.717) is 41.0 Å². The van der Waals surface area contributed by atoms with Crippen LogP contribution in [0.25, 0.3) is 28.2 Å². The number of fused-ring (bicyclic) bond motifs is 1. The molecular weight excluding hydrogens is 436 g/mol. The van der Waals surface area contributed by atoms with E-state index in [2.05, 4.69) is 29.9 Å². The molecule has 1 aliphatic heterocycles. The summed E-state index contributed by atoms with van der Waals surface area (Å²) < 4.78 is 18.5. The SMILES string of the molecule is COc1cc2ncnc(-n3nc(-c4ccccn4)nc3N)c2cc1OCCCN1CCOCC1. The van der Waals surface area contributed by atoms with Gasteiger partial charge >= 0.3 is 0 Å². The average Bonchev–Trinajstić information content (AvgIpc) is 3.28. The Hall–Kier alpha value is -3.83. The van der Waals surface area contributed by atoms with Gasteiger partial charge in [0, 0.05) is 37.3 Å². The fourth-order valence-electron chi connectivity index (χ4n) is 3.87. The first-order valence-electron chi connectivity index (χ1n) is 11.1. The first kappa shape index (κ1) is 22.0. The highest BCUT2D eigenvalue weighted by atomic mass is 16.5. The molecule has 0 atom stereocenters. The van der Waals surface area contributed by atoms with E-state index in [9.17, 15) is 0 Å². The van der Waals surface area contributed by atoms with Crippen molar-refractivity contribution in [3.63, 3.8) is 0 Å². The summed E-state index contributed by atoms with van der Waals surface area (Å²) in [6.07, 6.45) is 4.03. The fraction of sp³-hybridized carbons (Fsp3) is 0.348. The number of morpholine rings is 1. The van der Waals surface area contributed by atoms with Gasteiger partial charge in [-0.15, -0.1) is 5.10 Å². The number of pyridine rings is 1. The van der Waals surface area contributed by atoms with Gasteiger partial charge in [-0.05, 0) is 24.6 Å². The number of nitrogens with zero attached hydrogens (tertiary/aromatic N) is 7. The summed E-state index contributed by atoms with van der Waals surface area (Å²) in [6, 6.07) is 9.21. The van der Waals surface area contributed by atoms with Crippen molar-refractivity contribution in [2.75, 3.05) is 52.3 Å². The topological polar surface area (TPSA) is 126 Å². The molecule has 0 aliphatic carbocycles. The van der Waals surface area contributed by atoms with Crippen LogP contribution in [0.1, 0.15) is 6.42 Å². The molecule has 0 saturated carbocycles. The smallest absolute Gasteiger partial charge is 0.225 e. The zero-order chi connectivity index (χ0) is 23.3. The normalized spacial score (nSPS) is 14.4. The zero-order valence-corrected chi connectivity index (χ0v) is 18.9. The van der Waals surface area contributed by atoms with E-state index < -0.39 is 0 Å². The molecule has 11 heteroatoms. The molecule has 4 heterocycles. The maximum atomic E-state index is 6.20. The van der Waals surface area contributed by atoms with Crippen LogP contribution >= 0.6 is 0 Å². The lowest BCUT2D eigenvalue weighted by Gasteiger charge is -2.26. The van der Waals surface area contributed by atoms with Crippen LogP contribution in [0.5, 0.6) is 11.5 Å². The average molecular weight is 463 g/mol. The van der Waals surface area contributed by atoms with Crippen LogP contribution in [-0.4, -0.2) is 81.2 Å². The Labute approximate surface area is 196 Å². The molecule has 2 N–H and O–H groups in total. The molecule has 1 aromatic carbocycles. The number of nitrogens with two attached hydrogens (primary N) is 1. The van der Waals surface area contributed by atoms with Gasteiger partial charge in [0.25, 0.3) is 0 Å². The van der Waals surface area contributed by atoms with Crippen LogP contribution in [0.3, 0.4) is 0 Å². The van der Waals surface area contributed by atoms with E-state index in [1.807, 2.05) is 30.3 Å². The Morgan fingerprint density at radius 1 is 1.09 bits per heavy atom. The van der Waals surface area contributed by atoms with Crippen LogP contribution in [0, 0.1) is 0 Å². The van der Waals surface area contributed by atoms with Gasteiger partial charge in [-0.2, -0.15) is 9.67 Å². The van der Waals surface area contributed by atoms with Crippen LogP contribution < -0.4 is 15.2 Å². The molecule has 1 aliphatic rings. The van der Waals surface area contributed by atoms with E-state index in [4.69, 9.17) is 19.9 Å². The molecule has 34 heavy (non-hydrogen) atoms. The number of anilines is 1. The van der Waals surface area contributed by atoms with Gasteiger partial charge in [0.05, 0.1) is 32.4 Å². The van der Waals surface area contributed by atoms with Gasteiger partial charge in [-0.1, -0.05) is 6.07 Å². The Kier molecular flexibility index (Phi) is 6.45. The van der Waals surface area contributed by atoms with Crippen LogP contribution in [-0.2, 0) is 4.74 Å². The molecule has 176 valence electrons. The first-order valence-corrected chi connectivity index (χ1v) is 11.1. The van der Waals surface area contributed by atoms with E-state index in [-0.39, 0.29) is 5.95 Å². The number of benzene rings is 1. The standard InChI is InChI=1S/C23H26N8O3/c1-32-19-14-18-16(13-20(19)34-10-4-7-30-8-11-33-12-9-30)22(27-15-26-18)31-23(24)28-21(29-31)17-5-2-3-6-25-17/h2-3,5-6,13-15H,4,7-12H2,1H3,(H2,24,28,29). The second kappa shape index (κ2) is 9.98. The Morgan fingerprint density at radius 3 is 2.76 bits per heavy atom. The van der Waals surface area contributed by atoms with Crippen molar-refractivity contribution in [1.82, 2.24) is 34.6 Å². The third kappa shape index (κ3) is 4.61. The van der Waals surface area contributed by atoms with Gasteiger partial charge in [0.2, 0.25) is 11.8 Å². The van der Waals surface area contributed by atoms with Crippen molar-refractivity contribution >= 4 is 16.9 Å². The van der Waals surface area contributed by atoms with E-state index in [1.54, 1.807) is 13.3 Å². The van der Waals surface area contributed by atoms with Gasteiger partial charge in [-0.3, -0.25) is 9.88 Å². The summed E-state index contributed by atoms with van der Waals surface area (Å²) in [7, 11) is 1.61. The lowest BCUT2D eigenvalue weighted by molar-refractivity contribution is 0.0357. The molecule has 0 spiro atoms. The Bertz CT molecular complexity index is 1260. The third-order valence-electron chi connectivity index (χ3n) is 5.61. The van der Waals surface area contributed by atoms with Crippen LogP contribution in [0.4, 0.5) is 5.95 Å². The van der Waals surface area contributed by atoms with Gasteiger partial charge < -0.3 is 19.9 Å². The lowest BCUT2D eigenvalue weighted by Crippen LogP contribution is -2.37. The highest BCUT2D eigenvalue weighted by molar-refractivity contribution is 5.88. The highest BCUT2D eigenvalue weighted by Crippen LogP contribution is 2.34. The molecule has 0 radical (unpaired) electrons. The minimum Gasteiger partial charge on any atom is -0.493 e. The Balaban J connectivity index is 1.42. The molecule has 1 saturated heterocycles. The highest BCUT2D eigenvalue weighted by Gasteiger charge is 2.18. The molecule has 0 bridgehead atoms. The van der Waals surface area contributed by atoms with Crippen molar-refractivity contribution in [1.29, 1.82) is 0 Å². The zero-order valence-electron chi connectivity index (χ0n) is 18.9. The number of ether oxygens (including phenoxy) is 3. The van der Waals surface area contributed by atoms with Crippen molar-refractivity contribution in [2.45, 2.75) is 6.42 Å². The van der Waals surface area contributed by atoms with Crippen LogP contribution in [0.2, 0.25) is 0 Å². The summed E-state index contributed by atoms with van der Waals surface area (Å²) in [6.45, 7) is 5.00. The monoisotopic (exact) mass is 462 g/mol. The molecule has 0 unspecified atom stereocenters. The second-order valence-corrected chi connectivity index (χ2v) is 7.79. The Morgan fingerprint density at radius 2 is 1.97 bits per heavy atom. The van der Waals surface area contributed by atoms with E-state index in [0.717, 1.165) is 44.7 Å². The predicted molar refractivity (Wildman–Crippen MR) is 126 cm³/mol. The molecular formula is C23H26N8O3. The summed E-state index contributed by atoms with van der Waals surface area (Å²) in [5, 5.41) is 5.26. The molecule has 1 fully saturated rings. The summed E-state index contributed by atoms with van der Waals surface area (Å²) in [4.78, 5) is 19.9. The number of rotatable bonds is 8. The van der Waals surface area contributed by atoms with Crippen LogP contribution in [0.15, 0.2) is 42.9 Å². The quantitative estimate of drug-likeness (QED) is 0.388.